The Bertz CT molecular complexity index is 302. The van der Waals surface area contributed by atoms with Crippen molar-refractivity contribution in [2.45, 2.75) is 6.43 Å². The molecule has 1 aromatic carbocycles. The largest absolute Gasteiger partial charge is 0.505 e. The maximum atomic E-state index is 12.1. The molecule has 1 nitrogen and oxygen atoms in total. The summed E-state index contributed by atoms with van der Waals surface area (Å²) in [5.74, 6) is -0.504. The van der Waals surface area contributed by atoms with Gasteiger partial charge in [-0.2, -0.15) is 0 Å². The fourth-order valence-electron chi connectivity index (χ4n) is 0.725. The van der Waals surface area contributed by atoms with Gasteiger partial charge in [0.25, 0.3) is 6.43 Å². The number of hydrogen-bond acceptors (Lipinski definition) is 1. The lowest BCUT2D eigenvalue weighted by molar-refractivity contribution is 0.151. The molecule has 66 valence electrons. The van der Waals surface area contributed by atoms with E-state index in [1.807, 2.05) is 0 Å². The molecule has 12 heavy (non-hydrogen) atoms. The number of alkyl halides is 2. The lowest BCUT2D eigenvalue weighted by atomic mass is 10.2. The number of aromatic hydroxyl groups is 1. The van der Waals surface area contributed by atoms with Crippen molar-refractivity contribution in [1.82, 2.24) is 0 Å². The summed E-state index contributed by atoms with van der Waals surface area (Å²) in [7, 11) is 0. The van der Waals surface area contributed by atoms with E-state index in [-0.39, 0.29) is 5.02 Å². The average Bonchev–Trinajstić information content (AvgIpc) is 2.00. The zero-order valence-corrected chi connectivity index (χ0v) is 7.20. The normalized spacial score (nSPS) is 10.8. The quantitative estimate of drug-likeness (QED) is 0.754. The van der Waals surface area contributed by atoms with Gasteiger partial charge in [0.2, 0.25) is 0 Å². The predicted octanol–water partition coefficient (Wildman–Crippen LogP) is 3.64. The van der Waals surface area contributed by atoms with Gasteiger partial charge in [0.15, 0.2) is 5.75 Å². The zero-order chi connectivity index (χ0) is 9.30. The molecule has 0 spiro atoms. The first-order valence-corrected chi connectivity index (χ1v) is 3.74. The van der Waals surface area contributed by atoms with Crippen molar-refractivity contribution in [1.29, 1.82) is 0 Å². The summed E-state index contributed by atoms with van der Waals surface area (Å²) in [6.07, 6.45) is -2.71. The molecule has 0 aliphatic rings. The summed E-state index contributed by atoms with van der Waals surface area (Å²) >= 11 is 10.8. The first kappa shape index (κ1) is 9.55. The van der Waals surface area contributed by atoms with Crippen molar-refractivity contribution in [3.05, 3.63) is 27.7 Å². The van der Waals surface area contributed by atoms with E-state index < -0.39 is 22.8 Å². The average molecular weight is 213 g/mol. The number of halogens is 4. The molecule has 0 amide bonds. The van der Waals surface area contributed by atoms with Crippen LogP contribution in [-0.2, 0) is 0 Å². The van der Waals surface area contributed by atoms with Gasteiger partial charge in [-0.15, -0.1) is 0 Å². The highest BCUT2D eigenvalue weighted by atomic mass is 35.5. The number of phenolic OH excluding ortho intramolecular Hbond substituents is 1. The second kappa shape index (κ2) is 3.46. The molecule has 0 bridgehead atoms. The Balaban J connectivity index is 3.27. The highest BCUT2D eigenvalue weighted by Crippen LogP contribution is 2.38. The Morgan fingerprint density at radius 2 is 1.83 bits per heavy atom. The van der Waals surface area contributed by atoms with Gasteiger partial charge in [-0.25, -0.2) is 8.78 Å². The van der Waals surface area contributed by atoms with Gasteiger partial charge < -0.3 is 5.11 Å². The molecular formula is C7H4Cl2F2O. The summed E-state index contributed by atoms with van der Waals surface area (Å²) in [6, 6.07) is 2.25. The number of phenols is 1. The van der Waals surface area contributed by atoms with E-state index in [0.29, 0.717) is 0 Å². The third-order valence-corrected chi connectivity index (χ3v) is 2.03. The molecule has 1 N–H and O–H groups in total. The standard InChI is InChI=1S/C7H4Cl2F2O/c8-4-2-1-3(7(10)11)5(9)6(4)12/h1-2,7,12H. The maximum Gasteiger partial charge on any atom is 0.265 e. The van der Waals surface area contributed by atoms with Crippen molar-refractivity contribution < 1.29 is 13.9 Å². The Hall–Kier alpha value is -0.540. The van der Waals surface area contributed by atoms with E-state index in [0.717, 1.165) is 6.07 Å². The minimum Gasteiger partial charge on any atom is -0.505 e. The molecule has 0 fully saturated rings. The van der Waals surface area contributed by atoms with Crippen LogP contribution >= 0.6 is 23.2 Å². The van der Waals surface area contributed by atoms with E-state index in [4.69, 9.17) is 28.3 Å². The van der Waals surface area contributed by atoms with Crippen molar-refractivity contribution in [3.8, 4) is 5.75 Å². The summed E-state index contributed by atoms with van der Waals surface area (Å²) in [6.45, 7) is 0. The van der Waals surface area contributed by atoms with E-state index >= 15 is 0 Å². The fourth-order valence-corrected chi connectivity index (χ4v) is 1.18. The Kier molecular flexibility index (Phi) is 2.75. The molecule has 5 heteroatoms. The molecule has 1 rings (SSSR count). The minimum absolute atomic E-state index is 0.0376. The minimum atomic E-state index is -2.71. The predicted molar refractivity (Wildman–Crippen MR) is 43.1 cm³/mol. The second-order valence-electron chi connectivity index (χ2n) is 2.10. The molecule has 0 saturated carbocycles. The number of benzene rings is 1. The lowest BCUT2D eigenvalue weighted by Crippen LogP contribution is -1.86. The highest BCUT2D eigenvalue weighted by molar-refractivity contribution is 6.37. The van der Waals surface area contributed by atoms with Crippen molar-refractivity contribution in [2.24, 2.45) is 0 Å². The lowest BCUT2D eigenvalue weighted by Gasteiger charge is -2.05. The van der Waals surface area contributed by atoms with Gasteiger partial charge >= 0.3 is 0 Å². The first-order valence-electron chi connectivity index (χ1n) is 2.99. The van der Waals surface area contributed by atoms with Crippen LogP contribution in [0.5, 0.6) is 5.75 Å². The van der Waals surface area contributed by atoms with Crippen molar-refractivity contribution in [3.63, 3.8) is 0 Å². The van der Waals surface area contributed by atoms with Crippen LogP contribution in [0, 0.1) is 0 Å². The van der Waals surface area contributed by atoms with Crippen LogP contribution in [-0.4, -0.2) is 5.11 Å². The fraction of sp³-hybridized carbons (Fsp3) is 0.143. The van der Waals surface area contributed by atoms with Crippen molar-refractivity contribution in [2.75, 3.05) is 0 Å². The smallest absolute Gasteiger partial charge is 0.265 e. The summed E-state index contributed by atoms with van der Waals surface area (Å²) in [4.78, 5) is 0. The molecule has 0 heterocycles. The van der Waals surface area contributed by atoms with Gasteiger partial charge in [-0.3, -0.25) is 0 Å². The Morgan fingerprint density at radius 1 is 1.25 bits per heavy atom. The van der Waals surface area contributed by atoms with Gasteiger partial charge in [-0.05, 0) is 6.07 Å². The summed E-state index contributed by atoms with van der Waals surface area (Å²) in [5, 5.41) is 8.61. The van der Waals surface area contributed by atoms with E-state index in [9.17, 15) is 8.78 Å². The Labute approximate surface area is 77.5 Å². The van der Waals surface area contributed by atoms with Crippen LogP contribution in [0.2, 0.25) is 10.0 Å². The van der Waals surface area contributed by atoms with Crippen LogP contribution in [0.25, 0.3) is 0 Å². The summed E-state index contributed by atoms with van der Waals surface area (Å²) in [5.41, 5.74) is -0.418. The third kappa shape index (κ3) is 1.62. The molecule has 0 radical (unpaired) electrons. The topological polar surface area (TPSA) is 20.2 Å². The zero-order valence-electron chi connectivity index (χ0n) is 5.69. The number of rotatable bonds is 1. The van der Waals surface area contributed by atoms with Crippen molar-refractivity contribution >= 4 is 23.2 Å². The van der Waals surface area contributed by atoms with E-state index in [1.165, 1.54) is 6.07 Å². The Morgan fingerprint density at radius 3 is 2.33 bits per heavy atom. The SMILES string of the molecule is Oc1c(Cl)ccc(C(F)F)c1Cl. The van der Waals surface area contributed by atoms with Crippen LogP contribution in [0.4, 0.5) is 8.78 Å². The third-order valence-electron chi connectivity index (χ3n) is 1.33. The number of hydrogen-bond donors (Lipinski definition) is 1. The molecule has 0 aromatic heterocycles. The second-order valence-corrected chi connectivity index (χ2v) is 2.89. The van der Waals surface area contributed by atoms with Crippen LogP contribution in [0.3, 0.4) is 0 Å². The van der Waals surface area contributed by atoms with Crippen LogP contribution in [0.1, 0.15) is 12.0 Å². The first-order chi connectivity index (χ1) is 5.54. The van der Waals surface area contributed by atoms with Crippen LogP contribution in [0.15, 0.2) is 12.1 Å². The molecule has 0 atom stereocenters. The molecule has 0 aliphatic heterocycles. The van der Waals surface area contributed by atoms with E-state index in [2.05, 4.69) is 0 Å². The highest BCUT2D eigenvalue weighted by Gasteiger charge is 2.16. The molecule has 0 aliphatic carbocycles. The molecular weight excluding hydrogens is 209 g/mol. The van der Waals surface area contributed by atoms with Crippen LogP contribution < -0.4 is 0 Å². The van der Waals surface area contributed by atoms with Gasteiger partial charge in [-0.1, -0.05) is 29.3 Å². The monoisotopic (exact) mass is 212 g/mol. The van der Waals surface area contributed by atoms with Gasteiger partial charge in [0.1, 0.15) is 0 Å². The molecule has 0 saturated heterocycles. The van der Waals surface area contributed by atoms with Gasteiger partial charge in [0, 0.05) is 5.56 Å². The molecule has 1 aromatic rings. The van der Waals surface area contributed by atoms with E-state index in [1.54, 1.807) is 0 Å². The molecule has 0 unspecified atom stereocenters. The maximum absolute atomic E-state index is 12.1. The van der Waals surface area contributed by atoms with Gasteiger partial charge in [0.05, 0.1) is 10.0 Å². The summed E-state index contributed by atoms with van der Waals surface area (Å²) < 4.78 is 24.2.